The van der Waals surface area contributed by atoms with Crippen LogP contribution in [0.3, 0.4) is 0 Å². The zero-order valence-electron chi connectivity index (χ0n) is 14.0. The van der Waals surface area contributed by atoms with Gasteiger partial charge < -0.3 is 5.32 Å². The van der Waals surface area contributed by atoms with Gasteiger partial charge in [-0.25, -0.2) is 0 Å². The topological polar surface area (TPSA) is 62.3 Å². The number of anilines is 1. The molecule has 5 rings (SSSR count). The minimum absolute atomic E-state index is 0.0243. The van der Waals surface area contributed by atoms with Crippen molar-refractivity contribution in [2.75, 3.05) is 12.0 Å². The molecule has 2 amide bonds. The summed E-state index contributed by atoms with van der Waals surface area (Å²) in [5.74, 6) is 0.165. The summed E-state index contributed by atoms with van der Waals surface area (Å²) < 4.78 is 0. The average molecular weight is 333 g/mol. The zero-order valence-corrected chi connectivity index (χ0v) is 14.0. The third-order valence-corrected chi connectivity index (χ3v) is 5.98. The van der Waals surface area contributed by atoms with Crippen LogP contribution < -0.4 is 5.32 Å². The number of nitrogens with one attached hydrogen (secondary N) is 1. The lowest BCUT2D eigenvalue weighted by Crippen LogP contribution is -2.37. The highest BCUT2D eigenvalue weighted by Crippen LogP contribution is 2.52. The summed E-state index contributed by atoms with van der Waals surface area (Å²) in [5, 5.41) is 4.33. The van der Waals surface area contributed by atoms with Crippen molar-refractivity contribution in [3.8, 4) is 0 Å². The molecule has 1 aliphatic heterocycles. The number of hydrogen-bond donors (Lipinski definition) is 1. The molecular weight excluding hydrogens is 314 g/mol. The van der Waals surface area contributed by atoms with Crippen LogP contribution in [0.1, 0.15) is 12.0 Å². The first-order valence-corrected chi connectivity index (χ1v) is 8.77. The van der Waals surface area contributed by atoms with E-state index in [0.29, 0.717) is 0 Å². The number of carbonyl (C=O) groups is 2. The highest BCUT2D eigenvalue weighted by molar-refractivity contribution is 6.06. The number of para-hydroxylation sites is 1. The molecule has 25 heavy (non-hydrogen) atoms. The van der Waals surface area contributed by atoms with E-state index >= 15 is 0 Å². The normalized spacial score (nSPS) is 29.7. The van der Waals surface area contributed by atoms with Gasteiger partial charge in [-0.2, -0.15) is 0 Å². The minimum atomic E-state index is -0.141. The van der Waals surface area contributed by atoms with E-state index in [4.69, 9.17) is 0 Å². The van der Waals surface area contributed by atoms with Crippen molar-refractivity contribution in [2.45, 2.75) is 13.3 Å². The third-order valence-electron chi connectivity index (χ3n) is 5.98. The molecule has 2 fully saturated rings. The van der Waals surface area contributed by atoms with Gasteiger partial charge in [0.25, 0.3) is 0 Å². The Bertz CT molecular complexity index is 906. The fourth-order valence-corrected chi connectivity index (χ4v) is 4.74. The highest BCUT2D eigenvalue weighted by Gasteiger charge is 2.59. The van der Waals surface area contributed by atoms with Crippen LogP contribution in [0.4, 0.5) is 5.69 Å². The molecule has 1 N–H and O–H groups in total. The van der Waals surface area contributed by atoms with Crippen molar-refractivity contribution < 1.29 is 9.59 Å². The van der Waals surface area contributed by atoms with Gasteiger partial charge in [-0.15, -0.1) is 0 Å². The second-order valence-corrected chi connectivity index (χ2v) is 7.27. The second kappa shape index (κ2) is 5.15. The molecule has 1 saturated heterocycles. The van der Waals surface area contributed by atoms with Crippen LogP contribution in [-0.4, -0.2) is 28.4 Å². The number of aryl methyl sites for hydroxylation is 1. The zero-order chi connectivity index (χ0) is 17.1. The number of likely N-dealkylation sites (tertiary alicyclic amines) is 1. The Balaban J connectivity index is 1.40. The molecule has 0 unspecified atom stereocenters. The second-order valence-electron chi connectivity index (χ2n) is 7.27. The Labute approximate surface area is 145 Å². The van der Waals surface area contributed by atoms with Crippen molar-refractivity contribution in [3.05, 3.63) is 48.2 Å². The molecule has 5 heteroatoms. The lowest BCUT2D eigenvalue weighted by atomic mass is 9.85. The predicted octanol–water partition coefficient (Wildman–Crippen LogP) is 2.72. The summed E-state index contributed by atoms with van der Waals surface area (Å²) in [6.45, 7) is 2.25. The fourth-order valence-electron chi connectivity index (χ4n) is 4.74. The number of imide groups is 1. The smallest absolute Gasteiger partial charge is 0.235 e. The molecule has 0 radical (unpaired) electrons. The van der Waals surface area contributed by atoms with Crippen LogP contribution in [0, 0.1) is 30.6 Å². The van der Waals surface area contributed by atoms with Crippen LogP contribution in [-0.2, 0) is 9.59 Å². The summed E-state index contributed by atoms with van der Waals surface area (Å²) in [4.78, 5) is 31.3. The Hall–Kier alpha value is -2.69. The molecule has 2 aromatic rings. The van der Waals surface area contributed by atoms with Crippen molar-refractivity contribution in [1.82, 2.24) is 9.88 Å². The third kappa shape index (κ3) is 1.98. The van der Waals surface area contributed by atoms with E-state index in [2.05, 4.69) is 22.5 Å². The van der Waals surface area contributed by atoms with Gasteiger partial charge in [-0.1, -0.05) is 24.3 Å². The van der Waals surface area contributed by atoms with Crippen molar-refractivity contribution in [2.24, 2.45) is 23.7 Å². The van der Waals surface area contributed by atoms with E-state index in [1.807, 2.05) is 31.2 Å². The summed E-state index contributed by atoms with van der Waals surface area (Å²) in [5.41, 5.74) is 2.86. The lowest BCUT2D eigenvalue weighted by Gasteiger charge is -2.19. The number of carbonyl (C=O) groups excluding carboxylic acids is 2. The number of benzene rings is 1. The predicted molar refractivity (Wildman–Crippen MR) is 94.5 cm³/mol. The van der Waals surface area contributed by atoms with E-state index in [0.717, 1.165) is 28.6 Å². The minimum Gasteiger partial charge on any atom is -0.365 e. The van der Waals surface area contributed by atoms with E-state index < -0.39 is 0 Å². The number of nitrogens with zero attached hydrogens (tertiary/aromatic N) is 2. The average Bonchev–Trinajstić information content (AvgIpc) is 3.29. The molecule has 126 valence electrons. The van der Waals surface area contributed by atoms with E-state index in [1.54, 1.807) is 6.20 Å². The quantitative estimate of drug-likeness (QED) is 0.693. The van der Waals surface area contributed by atoms with E-state index in [-0.39, 0.29) is 42.2 Å². The SMILES string of the molecule is Cc1ccnc2c(NCN3C(=O)[C@@H]4[C@H](C3=O)[C@H]3C=C[C@H]4C3)cccc12. The van der Waals surface area contributed by atoms with Gasteiger partial charge in [0.1, 0.15) is 0 Å². The number of allylic oxidation sites excluding steroid dienone is 2. The van der Waals surface area contributed by atoms with Crippen LogP contribution in [0.2, 0.25) is 0 Å². The van der Waals surface area contributed by atoms with Crippen molar-refractivity contribution in [1.29, 1.82) is 0 Å². The largest absolute Gasteiger partial charge is 0.365 e. The van der Waals surface area contributed by atoms with Crippen molar-refractivity contribution >= 4 is 28.4 Å². The van der Waals surface area contributed by atoms with Crippen LogP contribution in [0.15, 0.2) is 42.6 Å². The van der Waals surface area contributed by atoms with Gasteiger partial charge in [-0.05, 0) is 42.9 Å². The highest BCUT2D eigenvalue weighted by atomic mass is 16.2. The first-order chi connectivity index (χ1) is 12.1. The molecule has 1 saturated carbocycles. The summed E-state index contributed by atoms with van der Waals surface area (Å²) in [7, 11) is 0. The molecule has 2 aliphatic carbocycles. The monoisotopic (exact) mass is 333 g/mol. The molecule has 0 spiro atoms. The number of pyridine rings is 1. The molecule has 3 aliphatic rings. The summed E-state index contributed by atoms with van der Waals surface area (Å²) >= 11 is 0. The Morgan fingerprint density at radius 3 is 2.56 bits per heavy atom. The maximum absolute atomic E-state index is 12.7. The summed E-state index contributed by atoms with van der Waals surface area (Å²) in [6.07, 6.45) is 6.97. The van der Waals surface area contributed by atoms with Gasteiger partial charge in [0, 0.05) is 11.6 Å². The van der Waals surface area contributed by atoms with Crippen molar-refractivity contribution in [3.63, 3.8) is 0 Å². The molecular formula is C20H19N3O2. The Morgan fingerprint density at radius 2 is 1.84 bits per heavy atom. The first-order valence-electron chi connectivity index (χ1n) is 8.77. The van der Waals surface area contributed by atoms with Gasteiger partial charge in [0.05, 0.1) is 29.7 Å². The molecule has 4 atom stereocenters. The molecule has 1 aromatic carbocycles. The number of aromatic nitrogens is 1. The number of hydrogen-bond acceptors (Lipinski definition) is 4. The van der Waals surface area contributed by atoms with Gasteiger partial charge in [0.15, 0.2) is 0 Å². The van der Waals surface area contributed by atoms with Gasteiger partial charge in [-0.3, -0.25) is 19.5 Å². The van der Waals surface area contributed by atoms with E-state index in [9.17, 15) is 9.59 Å². The van der Waals surface area contributed by atoms with Crippen LogP contribution in [0.25, 0.3) is 10.9 Å². The Morgan fingerprint density at radius 1 is 1.12 bits per heavy atom. The fraction of sp³-hybridized carbons (Fsp3) is 0.350. The summed E-state index contributed by atoms with van der Waals surface area (Å²) in [6, 6.07) is 7.91. The number of fused-ring (bicyclic) bond motifs is 6. The molecule has 2 bridgehead atoms. The maximum atomic E-state index is 12.7. The van der Waals surface area contributed by atoms with Gasteiger partial charge >= 0.3 is 0 Å². The standard InChI is InChI=1S/C20H19N3O2/c1-11-7-8-21-18-14(11)3-2-4-15(18)22-10-23-19(24)16-12-5-6-13(9-12)17(16)20(23)25/h2-8,12-13,16-17,22H,9-10H2,1H3/t12-,13-,16-,17+/m0/s1. The molecule has 1 aromatic heterocycles. The van der Waals surface area contributed by atoms with Crippen LogP contribution in [0.5, 0.6) is 0 Å². The maximum Gasteiger partial charge on any atom is 0.235 e. The van der Waals surface area contributed by atoms with Gasteiger partial charge in [0.2, 0.25) is 11.8 Å². The molecule has 2 heterocycles. The van der Waals surface area contributed by atoms with E-state index in [1.165, 1.54) is 4.90 Å². The van der Waals surface area contributed by atoms with Crippen LogP contribution >= 0.6 is 0 Å². The molecule has 5 nitrogen and oxygen atoms in total. The first kappa shape index (κ1) is 14.6. The Kier molecular flexibility index (Phi) is 3.02. The number of amides is 2. The number of rotatable bonds is 3. The lowest BCUT2D eigenvalue weighted by molar-refractivity contribution is -0.140.